The van der Waals surface area contributed by atoms with Crippen LogP contribution in [0.25, 0.3) is 11.3 Å². The maximum Gasteiger partial charge on any atom is 0.337 e. The highest BCUT2D eigenvalue weighted by molar-refractivity contribution is 7.91. The normalized spacial score (nSPS) is 11.0. The van der Waals surface area contributed by atoms with Gasteiger partial charge in [0.05, 0.1) is 36.0 Å². The van der Waals surface area contributed by atoms with Crippen LogP contribution >= 0.6 is 0 Å². The van der Waals surface area contributed by atoms with Gasteiger partial charge >= 0.3 is 5.97 Å². The maximum atomic E-state index is 12.6. The average molecular weight is 383 g/mol. The van der Waals surface area contributed by atoms with Crippen molar-refractivity contribution in [1.82, 2.24) is 9.97 Å². The molecule has 3 aromatic rings. The second-order valence-electron chi connectivity index (χ2n) is 5.70. The average Bonchev–Trinajstić information content (AvgIpc) is 2.68. The van der Waals surface area contributed by atoms with Crippen molar-refractivity contribution >= 4 is 21.7 Å². The van der Waals surface area contributed by atoms with Gasteiger partial charge < -0.3 is 4.74 Å². The van der Waals surface area contributed by atoms with Gasteiger partial charge in [0.1, 0.15) is 6.33 Å². The molecule has 1 heterocycles. The second kappa shape index (κ2) is 7.96. The van der Waals surface area contributed by atoms with Crippen LogP contribution in [0.3, 0.4) is 0 Å². The summed E-state index contributed by atoms with van der Waals surface area (Å²) in [5.74, 6) is -0.828. The number of carbonyl (C=O) groups excluding carboxylic acids is 1. The number of esters is 1. The number of nitrogens with zero attached hydrogens (tertiary/aromatic N) is 2. The summed E-state index contributed by atoms with van der Waals surface area (Å²) >= 11 is 0. The number of ether oxygens (including phenoxy) is 1. The Bertz CT molecular complexity index is 1050. The van der Waals surface area contributed by atoms with Gasteiger partial charge in [-0.15, -0.1) is 0 Å². The van der Waals surface area contributed by atoms with Gasteiger partial charge in [0.2, 0.25) is 10.0 Å². The first-order valence-electron chi connectivity index (χ1n) is 8.02. The second-order valence-corrected chi connectivity index (χ2v) is 7.43. The third kappa shape index (κ3) is 4.68. The maximum absolute atomic E-state index is 12.6. The lowest BCUT2D eigenvalue weighted by molar-refractivity contribution is 0.0600. The molecule has 1 N–H and O–H groups in total. The lowest BCUT2D eigenvalue weighted by atomic mass is 10.1. The molecule has 0 aliphatic rings. The van der Waals surface area contributed by atoms with Crippen LogP contribution in [0.15, 0.2) is 67.1 Å². The van der Waals surface area contributed by atoms with E-state index in [2.05, 4.69) is 19.4 Å². The van der Waals surface area contributed by atoms with Crippen molar-refractivity contribution < 1.29 is 17.9 Å². The Hall–Kier alpha value is -3.26. The zero-order valence-corrected chi connectivity index (χ0v) is 15.3. The summed E-state index contributed by atoms with van der Waals surface area (Å²) in [6, 6.07) is 15.5. The van der Waals surface area contributed by atoms with Gasteiger partial charge in [-0.25, -0.2) is 23.2 Å². The summed E-state index contributed by atoms with van der Waals surface area (Å²) in [6.07, 6.45) is 2.78. The molecule has 0 aliphatic heterocycles. The van der Waals surface area contributed by atoms with E-state index >= 15 is 0 Å². The number of hydrogen-bond acceptors (Lipinski definition) is 6. The molecule has 2 aromatic carbocycles. The lowest BCUT2D eigenvalue weighted by Gasteiger charge is -2.12. The minimum Gasteiger partial charge on any atom is -0.465 e. The van der Waals surface area contributed by atoms with Crippen molar-refractivity contribution in [2.75, 3.05) is 11.8 Å². The van der Waals surface area contributed by atoms with E-state index in [4.69, 9.17) is 0 Å². The first-order valence-corrected chi connectivity index (χ1v) is 9.67. The predicted molar refractivity (Wildman–Crippen MR) is 101 cm³/mol. The molecule has 0 fully saturated rings. The number of rotatable bonds is 6. The number of benzene rings is 2. The number of methoxy groups -OCH3 is 1. The number of sulfonamides is 1. The molecule has 27 heavy (non-hydrogen) atoms. The zero-order valence-electron chi connectivity index (χ0n) is 14.5. The molecule has 0 atom stereocenters. The van der Waals surface area contributed by atoms with Crippen molar-refractivity contribution in [1.29, 1.82) is 0 Å². The third-order valence-corrected chi connectivity index (χ3v) is 4.97. The van der Waals surface area contributed by atoms with Gasteiger partial charge in [0.15, 0.2) is 0 Å². The minimum absolute atomic E-state index is 0.285. The van der Waals surface area contributed by atoms with E-state index in [-0.39, 0.29) is 11.4 Å². The van der Waals surface area contributed by atoms with Crippen molar-refractivity contribution in [3.05, 3.63) is 78.2 Å². The van der Waals surface area contributed by atoms with Gasteiger partial charge in [-0.05, 0) is 17.7 Å². The van der Waals surface area contributed by atoms with E-state index in [1.165, 1.54) is 25.7 Å². The quantitative estimate of drug-likeness (QED) is 0.657. The van der Waals surface area contributed by atoms with Gasteiger partial charge in [-0.1, -0.05) is 42.5 Å². The number of carbonyl (C=O) groups is 1. The van der Waals surface area contributed by atoms with Gasteiger partial charge in [0, 0.05) is 5.56 Å². The standard InChI is InChI=1S/C19H17N3O4S/c1-26-19(23)16-9-5-6-14(10-16)12-27(24,25)22-17-11-20-13-21-18(17)15-7-3-2-4-8-15/h2-11,13,22H,12H2,1H3. The molecule has 0 radical (unpaired) electrons. The van der Waals surface area contributed by atoms with Crippen LogP contribution in [0.4, 0.5) is 5.69 Å². The fourth-order valence-corrected chi connectivity index (χ4v) is 3.73. The van der Waals surface area contributed by atoms with Crippen LogP contribution in [-0.4, -0.2) is 31.5 Å². The Morgan fingerprint density at radius 2 is 1.89 bits per heavy atom. The Labute approximate surface area is 157 Å². The molecule has 0 aliphatic carbocycles. The van der Waals surface area contributed by atoms with Crippen LogP contribution in [-0.2, 0) is 20.5 Å². The monoisotopic (exact) mass is 383 g/mol. The number of hydrogen-bond donors (Lipinski definition) is 1. The van der Waals surface area contributed by atoms with Gasteiger partial charge in [0.25, 0.3) is 0 Å². The highest BCUT2D eigenvalue weighted by atomic mass is 32.2. The summed E-state index contributed by atoms with van der Waals surface area (Å²) in [7, 11) is -2.48. The van der Waals surface area contributed by atoms with Crippen molar-refractivity contribution in [3.8, 4) is 11.3 Å². The Balaban J connectivity index is 1.85. The molecule has 3 rings (SSSR count). The number of anilines is 1. The van der Waals surface area contributed by atoms with Crippen LogP contribution < -0.4 is 4.72 Å². The van der Waals surface area contributed by atoms with E-state index in [0.717, 1.165) is 5.56 Å². The SMILES string of the molecule is COC(=O)c1cccc(CS(=O)(=O)Nc2cncnc2-c2ccccc2)c1. The van der Waals surface area contributed by atoms with Crippen LogP contribution in [0.1, 0.15) is 15.9 Å². The molecule has 138 valence electrons. The van der Waals surface area contributed by atoms with Crippen molar-refractivity contribution in [2.45, 2.75) is 5.75 Å². The van der Waals surface area contributed by atoms with Gasteiger partial charge in [-0.3, -0.25) is 4.72 Å². The number of aromatic nitrogens is 2. The fraction of sp³-hybridized carbons (Fsp3) is 0.105. The van der Waals surface area contributed by atoms with Crippen LogP contribution in [0, 0.1) is 0 Å². The predicted octanol–water partition coefficient (Wildman–Crippen LogP) is 2.87. The van der Waals surface area contributed by atoms with E-state index < -0.39 is 16.0 Å². The smallest absolute Gasteiger partial charge is 0.337 e. The summed E-state index contributed by atoms with van der Waals surface area (Å²) in [6.45, 7) is 0. The van der Waals surface area contributed by atoms with Crippen LogP contribution in [0.2, 0.25) is 0 Å². The minimum atomic E-state index is -3.75. The zero-order chi connectivity index (χ0) is 19.3. The molecule has 0 unspecified atom stereocenters. The summed E-state index contributed by atoms with van der Waals surface area (Å²) in [4.78, 5) is 19.7. The Kier molecular flexibility index (Phi) is 5.46. The van der Waals surface area contributed by atoms with E-state index in [0.29, 0.717) is 16.8 Å². The summed E-state index contributed by atoms with van der Waals surface area (Å²) < 4.78 is 32.4. The topological polar surface area (TPSA) is 98.2 Å². The first kappa shape index (κ1) is 18.5. The van der Waals surface area contributed by atoms with E-state index in [9.17, 15) is 13.2 Å². The number of nitrogens with one attached hydrogen (secondary N) is 1. The molecular formula is C19H17N3O4S. The highest BCUT2D eigenvalue weighted by Gasteiger charge is 2.17. The lowest BCUT2D eigenvalue weighted by Crippen LogP contribution is -2.16. The molecule has 0 spiro atoms. The third-order valence-electron chi connectivity index (χ3n) is 3.73. The molecule has 1 aromatic heterocycles. The van der Waals surface area contributed by atoms with Gasteiger partial charge in [-0.2, -0.15) is 0 Å². The highest BCUT2D eigenvalue weighted by Crippen LogP contribution is 2.25. The molecule has 8 heteroatoms. The fourth-order valence-electron chi connectivity index (χ4n) is 2.56. The molecule has 0 amide bonds. The molecule has 0 saturated heterocycles. The summed E-state index contributed by atoms with van der Waals surface area (Å²) in [5, 5.41) is 0. The largest absolute Gasteiger partial charge is 0.465 e. The van der Waals surface area contributed by atoms with E-state index in [1.54, 1.807) is 18.2 Å². The molecule has 0 bridgehead atoms. The van der Waals surface area contributed by atoms with E-state index in [1.807, 2.05) is 30.3 Å². The summed E-state index contributed by atoms with van der Waals surface area (Å²) in [5.41, 5.74) is 2.29. The van der Waals surface area contributed by atoms with Crippen LogP contribution in [0.5, 0.6) is 0 Å². The molecular weight excluding hydrogens is 366 g/mol. The van der Waals surface area contributed by atoms with Crippen molar-refractivity contribution in [3.63, 3.8) is 0 Å². The Morgan fingerprint density at radius 3 is 2.63 bits per heavy atom. The van der Waals surface area contributed by atoms with Crippen molar-refractivity contribution in [2.24, 2.45) is 0 Å². The molecule has 7 nitrogen and oxygen atoms in total. The molecule has 0 saturated carbocycles. The first-order chi connectivity index (χ1) is 13.0. The Morgan fingerprint density at radius 1 is 1.11 bits per heavy atom.